The van der Waals surface area contributed by atoms with Crippen molar-refractivity contribution in [2.24, 2.45) is 0 Å². The zero-order valence-corrected chi connectivity index (χ0v) is 17.2. The third kappa shape index (κ3) is 6.57. The van der Waals surface area contributed by atoms with Gasteiger partial charge in [-0.05, 0) is 50.6 Å². The topological polar surface area (TPSA) is 55.8 Å². The Morgan fingerprint density at radius 2 is 1.68 bits per heavy atom. The highest BCUT2D eigenvalue weighted by atomic mass is 35.5. The molecule has 0 aliphatic rings. The van der Waals surface area contributed by atoms with Crippen LogP contribution in [-0.4, -0.2) is 35.7 Å². The van der Waals surface area contributed by atoms with Gasteiger partial charge in [0.05, 0.1) is 12.2 Å². The number of hydrogen-bond donors (Lipinski definition) is 0. The number of amides is 1. The molecule has 2 atom stereocenters. The Morgan fingerprint density at radius 3 is 2.29 bits per heavy atom. The zero-order chi connectivity index (χ0) is 20.5. The quantitative estimate of drug-likeness (QED) is 0.559. The highest BCUT2D eigenvalue weighted by Crippen LogP contribution is 2.17. The molecule has 0 saturated heterocycles. The lowest BCUT2D eigenvalue weighted by atomic mass is 10.1. The Balaban J connectivity index is 2.00. The maximum absolute atomic E-state index is 12.4. The van der Waals surface area contributed by atoms with E-state index in [0.717, 1.165) is 5.56 Å². The van der Waals surface area contributed by atoms with E-state index in [2.05, 4.69) is 0 Å². The number of ether oxygens (including phenoxy) is 2. The third-order valence-electron chi connectivity index (χ3n) is 4.29. The summed E-state index contributed by atoms with van der Waals surface area (Å²) in [4.78, 5) is 26.4. The van der Waals surface area contributed by atoms with Gasteiger partial charge in [-0.15, -0.1) is 0 Å². The molecule has 6 heteroatoms. The van der Waals surface area contributed by atoms with Crippen molar-refractivity contribution in [3.8, 4) is 0 Å². The molecule has 0 saturated carbocycles. The van der Waals surface area contributed by atoms with Crippen molar-refractivity contribution in [2.75, 3.05) is 6.61 Å². The van der Waals surface area contributed by atoms with Gasteiger partial charge in [0.2, 0.25) is 0 Å². The summed E-state index contributed by atoms with van der Waals surface area (Å²) in [7, 11) is 0. The summed E-state index contributed by atoms with van der Waals surface area (Å²) in [5.74, 6) is -0.415. The van der Waals surface area contributed by atoms with E-state index in [1.165, 1.54) is 0 Å². The van der Waals surface area contributed by atoms with E-state index >= 15 is 0 Å². The van der Waals surface area contributed by atoms with Crippen molar-refractivity contribution in [1.29, 1.82) is 0 Å². The van der Waals surface area contributed by atoms with E-state index in [9.17, 15) is 9.59 Å². The van der Waals surface area contributed by atoms with Crippen LogP contribution < -0.4 is 0 Å². The molecule has 0 fully saturated rings. The number of nitrogens with zero attached hydrogens (tertiary/aromatic N) is 1. The van der Waals surface area contributed by atoms with Crippen LogP contribution in [0.2, 0.25) is 5.02 Å². The molecule has 0 N–H and O–H groups in total. The third-order valence-corrected chi connectivity index (χ3v) is 4.54. The van der Waals surface area contributed by atoms with Gasteiger partial charge in [-0.1, -0.05) is 41.9 Å². The molecule has 0 bridgehead atoms. The van der Waals surface area contributed by atoms with Crippen LogP contribution in [0.3, 0.4) is 0 Å². The molecule has 2 aromatic rings. The Morgan fingerprint density at radius 1 is 1.04 bits per heavy atom. The summed E-state index contributed by atoms with van der Waals surface area (Å²) in [6.45, 7) is 6.25. The highest BCUT2D eigenvalue weighted by Gasteiger charge is 2.24. The largest absolute Gasteiger partial charge is 0.459 e. The van der Waals surface area contributed by atoms with E-state index in [-0.39, 0.29) is 18.2 Å². The van der Waals surface area contributed by atoms with Gasteiger partial charge in [0.1, 0.15) is 6.10 Å². The molecule has 0 heterocycles. The van der Waals surface area contributed by atoms with E-state index in [1.54, 1.807) is 36.1 Å². The molecule has 2 aromatic carbocycles. The van der Waals surface area contributed by atoms with Crippen molar-refractivity contribution in [2.45, 2.75) is 45.9 Å². The van der Waals surface area contributed by atoms with Crippen molar-refractivity contribution in [1.82, 2.24) is 4.90 Å². The van der Waals surface area contributed by atoms with Gasteiger partial charge in [0, 0.05) is 24.0 Å². The molecule has 2 unspecified atom stereocenters. The van der Waals surface area contributed by atoms with Gasteiger partial charge in [0.15, 0.2) is 0 Å². The van der Waals surface area contributed by atoms with Gasteiger partial charge in [-0.25, -0.2) is 9.59 Å². The molecule has 0 radical (unpaired) electrons. The van der Waals surface area contributed by atoms with Gasteiger partial charge in [-0.3, -0.25) is 0 Å². The number of hydrogen-bond acceptors (Lipinski definition) is 4. The van der Waals surface area contributed by atoms with Gasteiger partial charge < -0.3 is 14.4 Å². The maximum atomic E-state index is 12.4. The highest BCUT2D eigenvalue weighted by molar-refractivity contribution is 6.30. The first-order chi connectivity index (χ1) is 13.4. The second-order valence-electron chi connectivity index (χ2n) is 6.62. The van der Waals surface area contributed by atoms with Crippen LogP contribution in [0.5, 0.6) is 0 Å². The minimum absolute atomic E-state index is 0.174. The second-order valence-corrected chi connectivity index (χ2v) is 7.06. The van der Waals surface area contributed by atoms with Crippen LogP contribution in [-0.2, 0) is 16.0 Å². The second kappa shape index (κ2) is 10.7. The zero-order valence-electron chi connectivity index (χ0n) is 16.4. The van der Waals surface area contributed by atoms with E-state index in [0.29, 0.717) is 30.2 Å². The summed E-state index contributed by atoms with van der Waals surface area (Å²) in [6.07, 6.45) is -0.258. The predicted octanol–water partition coefficient (Wildman–Crippen LogP) is 5.32. The van der Waals surface area contributed by atoms with Crippen molar-refractivity contribution in [3.05, 3.63) is 70.7 Å². The Hall–Kier alpha value is -2.53. The monoisotopic (exact) mass is 403 g/mol. The molecule has 0 spiro atoms. The van der Waals surface area contributed by atoms with E-state index in [1.807, 2.05) is 44.2 Å². The lowest BCUT2D eigenvalue weighted by Crippen LogP contribution is -2.40. The number of rotatable bonds is 8. The smallest absolute Gasteiger partial charge is 0.410 e. The van der Waals surface area contributed by atoms with Crippen LogP contribution in [0.1, 0.15) is 43.1 Å². The van der Waals surface area contributed by atoms with Crippen LogP contribution >= 0.6 is 11.6 Å². The Kier molecular flexibility index (Phi) is 8.33. The number of esters is 1. The number of carbonyl (C=O) groups excluding carboxylic acids is 2. The van der Waals surface area contributed by atoms with E-state index in [4.69, 9.17) is 21.1 Å². The summed E-state index contributed by atoms with van der Waals surface area (Å²) in [6, 6.07) is 16.1. The normalized spacial score (nSPS) is 12.7. The van der Waals surface area contributed by atoms with Crippen LogP contribution in [0.15, 0.2) is 54.6 Å². The number of carbonyl (C=O) groups is 2. The maximum Gasteiger partial charge on any atom is 0.410 e. The molecule has 2 rings (SSSR count). The average Bonchev–Trinajstić information content (AvgIpc) is 2.67. The molecular formula is C22H26ClNO4. The lowest BCUT2D eigenvalue weighted by Gasteiger charge is -2.30. The fraction of sp³-hybridized carbons (Fsp3) is 0.364. The van der Waals surface area contributed by atoms with Crippen molar-refractivity contribution >= 4 is 23.7 Å². The predicted molar refractivity (Wildman–Crippen MR) is 109 cm³/mol. The van der Waals surface area contributed by atoms with Crippen molar-refractivity contribution in [3.63, 3.8) is 0 Å². The average molecular weight is 404 g/mol. The molecule has 5 nitrogen and oxygen atoms in total. The Bertz CT molecular complexity index is 764. The standard InChI is InChI=1S/C22H26ClNO4/c1-4-27-22(26)24(15-18-8-6-5-7-9-18)16(2)14-17(3)28-21(25)19-10-12-20(23)13-11-19/h5-13,16-17H,4,14-15H2,1-3H3. The lowest BCUT2D eigenvalue weighted by molar-refractivity contribution is 0.0244. The molecule has 150 valence electrons. The molecular weight excluding hydrogens is 378 g/mol. The number of halogens is 1. The van der Waals surface area contributed by atoms with Crippen LogP contribution in [0.4, 0.5) is 4.79 Å². The number of benzene rings is 2. The van der Waals surface area contributed by atoms with Crippen molar-refractivity contribution < 1.29 is 19.1 Å². The summed E-state index contributed by atoms with van der Waals surface area (Å²) >= 11 is 5.85. The molecule has 28 heavy (non-hydrogen) atoms. The molecule has 1 amide bonds. The van der Waals surface area contributed by atoms with E-state index < -0.39 is 5.97 Å². The fourth-order valence-electron chi connectivity index (χ4n) is 2.88. The first-order valence-corrected chi connectivity index (χ1v) is 9.72. The van der Waals surface area contributed by atoms with Crippen LogP contribution in [0.25, 0.3) is 0 Å². The molecule has 0 aromatic heterocycles. The van der Waals surface area contributed by atoms with Gasteiger partial charge >= 0.3 is 12.1 Å². The molecule has 0 aliphatic heterocycles. The SMILES string of the molecule is CCOC(=O)N(Cc1ccccc1)C(C)CC(C)OC(=O)c1ccc(Cl)cc1. The summed E-state index contributed by atoms with van der Waals surface area (Å²) in [5, 5.41) is 0.559. The first-order valence-electron chi connectivity index (χ1n) is 9.34. The fourth-order valence-corrected chi connectivity index (χ4v) is 3.01. The summed E-state index contributed by atoms with van der Waals surface area (Å²) < 4.78 is 10.7. The summed E-state index contributed by atoms with van der Waals surface area (Å²) in [5.41, 5.74) is 1.45. The minimum atomic E-state index is -0.415. The Labute approximate surface area is 171 Å². The van der Waals surface area contributed by atoms with Crippen LogP contribution in [0, 0.1) is 0 Å². The first kappa shape index (κ1) is 21.8. The molecule has 0 aliphatic carbocycles. The van der Waals surface area contributed by atoms with Gasteiger partial charge in [0.25, 0.3) is 0 Å². The van der Waals surface area contributed by atoms with Gasteiger partial charge in [-0.2, -0.15) is 0 Å². The minimum Gasteiger partial charge on any atom is -0.459 e.